The van der Waals surface area contributed by atoms with Crippen molar-refractivity contribution in [3.05, 3.63) is 45.5 Å². The molecule has 0 amide bonds. The number of ketones is 2. The maximum absolute atomic E-state index is 12.6. The summed E-state index contributed by atoms with van der Waals surface area (Å²) in [6.07, 6.45) is 0. The van der Waals surface area contributed by atoms with Gasteiger partial charge in [-0.3, -0.25) is 9.59 Å². The summed E-state index contributed by atoms with van der Waals surface area (Å²) < 4.78 is 0. The summed E-state index contributed by atoms with van der Waals surface area (Å²) in [5.41, 5.74) is -2.62. The lowest BCUT2D eigenvalue weighted by molar-refractivity contribution is 0.0692. The van der Waals surface area contributed by atoms with E-state index in [1.165, 1.54) is 6.92 Å². The number of hydrogen-bond donors (Lipinski definition) is 5. The number of benzene rings is 2. The fourth-order valence-electron chi connectivity index (χ4n) is 2.83. The molecule has 0 radical (unpaired) electrons. The first-order valence-electron chi connectivity index (χ1n) is 6.64. The summed E-state index contributed by atoms with van der Waals surface area (Å²) in [4.78, 5) is 36.4. The van der Waals surface area contributed by atoms with E-state index in [2.05, 4.69) is 0 Å². The van der Waals surface area contributed by atoms with Crippen LogP contribution in [0.3, 0.4) is 0 Å². The van der Waals surface area contributed by atoms with Gasteiger partial charge in [0, 0.05) is 11.6 Å². The van der Waals surface area contributed by atoms with Crippen LogP contribution in [0.15, 0.2) is 12.1 Å². The normalized spacial score (nSPS) is 12.7. The van der Waals surface area contributed by atoms with Gasteiger partial charge in [0.15, 0.2) is 17.3 Å². The predicted molar refractivity (Wildman–Crippen MR) is 78.1 cm³/mol. The minimum atomic E-state index is -1.49. The van der Waals surface area contributed by atoms with Gasteiger partial charge in [-0.1, -0.05) is 0 Å². The third-order valence-electron chi connectivity index (χ3n) is 3.90. The van der Waals surface area contributed by atoms with Crippen LogP contribution < -0.4 is 0 Å². The van der Waals surface area contributed by atoms with E-state index in [1.807, 2.05) is 0 Å². The van der Waals surface area contributed by atoms with Gasteiger partial charge in [-0.2, -0.15) is 0 Å². The molecule has 8 heteroatoms. The van der Waals surface area contributed by atoms with Crippen LogP contribution >= 0.6 is 0 Å². The highest BCUT2D eigenvalue weighted by atomic mass is 16.4. The van der Waals surface area contributed by atoms with Crippen LogP contribution in [-0.2, 0) is 0 Å². The van der Waals surface area contributed by atoms with E-state index in [1.54, 1.807) is 0 Å². The Morgan fingerprint density at radius 1 is 0.833 bits per heavy atom. The fourth-order valence-corrected chi connectivity index (χ4v) is 2.83. The van der Waals surface area contributed by atoms with E-state index in [4.69, 9.17) is 5.11 Å². The molecule has 0 fully saturated rings. The van der Waals surface area contributed by atoms with Gasteiger partial charge in [0.05, 0.1) is 16.7 Å². The van der Waals surface area contributed by atoms with Crippen LogP contribution in [0, 0.1) is 6.92 Å². The molecule has 24 heavy (non-hydrogen) atoms. The molecule has 0 heterocycles. The summed E-state index contributed by atoms with van der Waals surface area (Å²) in [5.74, 6) is -6.80. The molecule has 122 valence electrons. The standard InChI is InChI=1S/C16H10O8/c1-4-2-5-9(14(21)8(4)16(23)24)15(22)10-6(17)3-7(18)13(20)11(10)12(5)19/h2-3,17-18,20-21H,1H3,(H,23,24). The largest absolute Gasteiger partial charge is 0.507 e. The maximum Gasteiger partial charge on any atom is 0.339 e. The van der Waals surface area contributed by atoms with Crippen molar-refractivity contribution in [3.8, 4) is 23.0 Å². The number of carbonyl (C=O) groups is 3. The van der Waals surface area contributed by atoms with Crippen LogP contribution in [0.5, 0.6) is 23.0 Å². The Morgan fingerprint density at radius 3 is 2.04 bits per heavy atom. The third-order valence-corrected chi connectivity index (χ3v) is 3.90. The Balaban J connectivity index is 2.45. The van der Waals surface area contributed by atoms with Crippen molar-refractivity contribution in [2.24, 2.45) is 0 Å². The lowest BCUT2D eigenvalue weighted by Gasteiger charge is -2.22. The minimum Gasteiger partial charge on any atom is -0.507 e. The number of phenols is 4. The van der Waals surface area contributed by atoms with E-state index in [9.17, 15) is 34.8 Å². The van der Waals surface area contributed by atoms with E-state index < -0.39 is 62.8 Å². The van der Waals surface area contributed by atoms with Crippen molar-refractivity contribution in [1.29, 1.82) is 0 Å². The quantitative estimate of drug-likeness (QED) is 0.330. The van der Waals surface area contributed by atoms with Crippen molar-refractivity contribution >= 4 is 17.5 Å². The zero-order valence-corrected chi connectivity index (χ0v) is 12.1. The van der Waals surface area contributed by atoms with E-state index in [0.717, 1.165) is 6.07 Å². The van der Waals surface area contributed by atoms with Crippen LogP contribution in [-0.4, -0.2) is 43.1 Å². The number of carboxylic acid groups (broad SMARTS) is 1. The van der Waals surface area contributed by atoms with E-state index in [0.29, 0.717) is 6.07 Å². The van der Waals surface area contributed by atoms with Crippen molar-refractivity contribution in [2.75, 3.05) is 0 Å². The molecule has 0 unspecified atom stereocenters. The van der Waals surface area contributed by atoms with E-state index >= 15 is 0 Å². The first-order valence-corrected chi connectivity index (χ1v) is 6.64. The lowest BCUT2D eigenvalue weighted by atomic mass is 9.80. The fraction of sp³-hybridized carbons (Fsp3) is 0.0625. The zero-order valence-electron chi connectivity index (χ0n) is 12.1. The molecule has 1 aliphatic rings. The Bertz CT molecular complexity index is 971. The zero-order chi connectivity index (χ0) is 17.9. The molecule has 0 aliphatic heterocycles. The molecule has 3 rings (SSSR count). The van der Waals surface area contributed by atoms with Crippen molar-refractivity contribution in [3.63, 3.8) is 0 Å². The molecule has 0 saturated heterocycles. The molecule has 2 aromatic rings. The maximum atomic E-state index is 12.6. The molecule has 0 spiro atoms. The summed E-state index contributed by atoms with van der Waals surface area (Å²) >= 11 is 0. The Kier molecular flexibility index (Phi) is 3.02. The van der Waals surface area contributed by atoms with Crippen LogP contribution in [0.25, 0.3) is 0 Å². The average molecular weight is 330 g/mol. The number of carboxylic acids is 1. The van der Waals surface area contributed by atoms with Gasteiger partial charge in [-0.05, 0) is 18.6 Å². The Morgan fingerprint density at radius 2 is 1.46 bits per heavy atom. The van der Waals surface area contributed by atoms with Gasteiger partial charge in [0.2, 0.25) is 5.78 Å². The Hall–Kier alpha value is -3.55. The molecule has 5 N–H and O–H groups in total. The Labute approximate surface area is 133 Å². The van der Waals surface area contributed by atoms with Gasteiger partial charge in [0.1, 0.15) is 17.1 Å². The lowest BCUT2D eigenvalue weighted by Crippen LogP contribution is -2.23. The third kappa shape index (κ3) is 1.76. The first-order chi connectivity index (χ1) is 11.2. The van der Waals surface area contributed by atoms with Crippen LogP contribution in [0.2, 0.25) is 0 Å². The first kappa shape index (κ1) is 15.3. The van der Waals surface area contributed by atoms with Crippen molar-refractivity contribution < 1.29 is 39.9 Å². The number of carbonyl (C=O) groups excluding carboxylic acids is 2. The topological polar surface area (TPSA) is 152 Å². The molecule has 2 aromatic carbocycles. The number of aromatic hydroxyl groups is 4. The SMILES string of the molecule is Cc1cc2c(c(O)c1C(=O)O)C(=O)c1c(O)cc(O)c(O)c1C2=O. The summed E-state index contributed by atoms with van der Waals surface area (Å²) in [5, 5.41) is 48.6. The number of phenolic OH excluding ortho intramolecular Hbond substituents is 3. The summed E-state index contributed by atoms with van der Waals surface area (Å²) in [6, 6.07) is 1.77. The van der Waals surface area contributed by atoms with Crippen LogP contribution in [0.4, 0.5) is 0 Å². The van der Waals surface area contributed by atoms with E-state index in [-0.39, 0.29) is 11.1 Å². The van der Waals surface area contributed by atoms with Gasteiger partial charge in [-0.15, -0.1) is 0 Å². The highest BCUT2D eigenvalue weighted by Crippen LogP contribution is 2.45. The number of rotatable bonds is 1. The second-order valence-corrected chi connectivity index (χ2v) is 5.32. The predicted octanol–water partition coefficient (Wildman–Crippen LogP) is 1.29. The van der Waals surface area contributed by atoms with Crippen molar-refractivity contribution in [1.82, 2.24) is 0 Å². The number of fused-ring (bicyclic) bond motifs is 2. The molecular formula is C16H10O8. The summed E-state index contributed by atoms with van der Waals surface area (Å²) in [6.45, 7) is 1.33. The second-order valence-electron chi connectivity index (χ2n) is 5.32. The molecule has 1 aliphatic carbocycles. The highest BCUT2D eigenvalue weighted by molar-refractivity contribution is 6.32. The van der Waals surface area contributed by atoms with Gasteiger partial charge >= 0.3 is 5.97 Å². The number of hydrogen-bond acceptors (Lipinski definition) is 7. The molecule has 0 bridgehead atoms. The van der Waals surface area contributed by atoms with Gasteiger partial charge in [-0.25, -0.2) is 4.79 Å². The highest BCUT2D eigenvalue weighted by Gasteiger charge is 2.39. The molecule has 0 aromatic heterocycles. The smallest absolute Gasteiger partial charge is 0.339 e. The molecule has 0 atom stereocenters. The second kappa shape index (κ2) is 4.72. The minimum absolute atomic E-state index is 0.0345. The number of aromatic carboxylic acids is 1. The molecule has 8 nitrogen and oxygen atoms in total. The average Bonchev–Trinajstić information content (AvgIpc) is 2.47. The molecular weight excluding hydrogens is 320 g/mol. The van der Waals surface area contributed by atoms with Gasteiger partial charge < -0.3 is 25.5 Å². The molecule has 0 saturated carbocycles. The summed E-state index contributed by atoms with van der Waals surface area (Å²) in [7, 11) is 0. The van der Waals surface area contributed by atoms with Crippen molar-refractivity contribution in [2.45, 2.75) is 6.92 Å². The van der Waals surface area contributed by atoms with Crippen LogP contribution in [0.1, 0.15) is 47.8 Å². The number of aryl methyl sites for hydroxylation is 1. The monoisotopic (exact) mass is 330 g/mol. The van der Waals surface area contributed by atoms with Gasteiger partial charge in [0.25, 0.3) is 0 Å².